The predicted molar refractivity (Wildman–Crippen MR) is 109 cm³/mol. The molecule has 0 atom stereocenters. The Balaban J connectivity index is 0.000000191. The van der Waals surface area contributed by atoms with Gasteiger partial charge in [0, 0.05) is 33.7 Å². The van der Waals surface area contributed by atoms with Crippen molar-refractivity contribution >= 4 is 24.2 Å². The molecule has 34 heavy (non-hydrogen) atoms. The van der Waals surface area contributed by atoms with E-state index in [4.69, 9.17) is 15.0 Å². The van der Waals surface area contributed by atoms with Crippen molar-refractivity contribution in [2.75, 3.05) is 20.3 Å². The number of carbonyl (C=O) groups excluding carboxylic acids is 2. The summed E-state index contributed by atoms with van der Waals surface area (Å²) in [5, 5.41) is 5.25. The maximum atomic E-state index is 13.3. The average molecular weight is 478 g/mol. The fourth-order valence-corrected chi connectivity index (χ4v) is 2.92. The Morgan fingerprint density at radius 1 is 0.971 bits per heavy atom. The van der Waals surface area contributed by atoms with E-state index < -0.39 is 35.3 Å². The minimum atomic E-state index is -0.841. The Bertz CT molecular complexity index is 1270. The van der Waals surface area contributed by atoms with E-state index in [1.165, 1.54) is 19.3 Å². The topological polar surface area (TPSA) is 123 Å². The molecule has 0 spiro atoms. The summed E-state index contributed by atoms with van der Waals surface area (Å²) in [5.74, 6) is -4.08. The first-order chi connectivity index (χ1) is 16.2. The number of amides is 2. The molecule has 9 nitrogen and oxygen atoms in total. The van der Waals surface area contributed by atoms with Crippen LogP contribution >= 0.6 is 0 Å². The van der Waals surface area contributed by atoms with Gasteiger partial charge in [-0.3, -0.25) is 10.1 Å². The fraction of sp³-hybridized carbons (Fsp3) is 0.143. The van der Waals surface area contributed by atoms with Crippen molar-refractivity contribution in [3.8, 4) is 11.5 Å². The number of hydrogen-bond donors (Lipinski definition) is 1. The number of nitrogens with one attached hydrogen (secondary N) is 1. The molecule has 0 unspecified atom stereocenters. The maximum absolute atomic E-state index is 13.3. The van der Waals surface area contributed by atoms with Crippen LogP contribution in [0.3, 0.4) is 0 Å². The quantitative estimate of drug-likeness (QED) is 0.292. The van der Waals surface area contributed by atoms with Crippen LogP contribution in [0.1, 0.15) is 11.1 Å². The van der Waals surface area contributed by atoms with Crippen LogP contribution in [-0.2, 0) is 9.53 Å². The Morgan fingerprint density at radius 3 is 2.09 bits per heavy atom. The molecule has 2 aliphatic rings. The molecule has 176 valence electrons. The van der Waals surface area contributed by atoms with Crippen LogP contribution in [-0.4, -0.2) is 32.3 Å². The van der Waals surface area contributed by atoms with Crippen LogP contribution in [0.5, 0.6) is 11.5 Å². The van der Waals surface area contributed by atoms with Crippen LogP contribution in [0.2, 0.25) is 0 Å². The molecule has 2 aromatic rings. The third-order valence-electron chi connectivity index (χ3n) is 4.34. The summed E-state index contributed by atoms with van der Waals surface area (Å²) < 4.78 is 66.9. The van der Waals surface area contributed by atoms with Crippen molar-refractivity contribution < 1.29 is 41.4 Å². The molecule has 0 saturated heterocycles. The number of azide groups is 1. The number of alkyl carbamates (subject to hydrolysis) is 1. The van der Waals surface area contributed by atoms with Crippen molar-refractivity contribution in [3.63, 3.8) is 0 Å². The van der Waals surface area contributed by atoms with Crippen molar-refractivity contribution in [2.24, 2.45) is 5.11 Å². The molecule has 4 rings (SSSR count). The Hall–Kier alpha value is -4.51. The zero-order valence-corrected chi connectivity index (χ0v) is 17.3. The smallest absolute Gasteiger partial charge is 0.411 e. The summed E-state index contributed by atoms with van der Waals surface area (Å²) in [7, 11) is 1.22. The number of carbonyl (C=O) groups is 2. The van der Waals surface area contributed by atoms with Gasteiger partial charge in [0.2, 0.25) is 5.91 Å². The molecule has 2 amide bonds. The van der Waals surface area contributed by atoms with Gasteiger partial charge in [-0.15, -0.1) is 0 Å². The highest BCUT2D eigenvalue weighted by molar-refractivity contribution is 5.99. The van der Waals surface area contributed by atoms with E-state index in [2.05, 4.69) is 20.1 Å². The molecule has 0 aromatic heterocycles. The number of ether oxygens (including phenoxy) is 3. The summed E-state index contributed by atoms with van der Waals surface area (Å²) in [4.78, 5) is 24.5. The number of benzene rings is 2. The molecular formula is C21H14F4N4O5. The molecule has 2 aromatic carbocycles. The minimum Gasteiger partial charge on any atom is -0.485 e. The third-order valence-corrected chi connectivity index (χ3v) is 4.34. The highest BCUT2D eigenvalue weighted by Gasteiger charge is 2.20. The number of hydrogen-bond acceptors (Lipinski definition) is 5. The van der Waals surface area contributed by atoms with Gasteiger partial charge in [-0.1, -0.05) is 0 Å². The number of halogens is 4. The summed E-state index contributed by atoms with van der Waals surface area (Å²) in [6.45, 7) is -0.224. The standard InChI is InChI=1S/C11H9F2NO3.C10H5F2N3O2/c1-16-11(15)14-8-3-6-2-7(12)4-9(13)10(6)17-5-8;11-7-2-5-1-6(10(16)14-15-13)4-17-9(5)8(12)3-7/h2-4H,5H2,1H3,(H,14,15);1-3H,4H2. The predicted octanol–water partition coefficient (Wildman–Crippen LogP) is 4.63. The lowest BCUT2D eigenvalue weighted by Gasteiger charge is -2.18. The largest absolute Gasteiger partial charge is 0.485 e. The van der Waals surface area contributed by atoms with Crippen LogP contribution in [0.15, 0.2) is 40.6 Å². The van der Waals surface area contributed by atoms with Gasteiger partial charge in [0.25, 0.3) is 0 Å². The first-order valence-corrected chi connectivity index (χ1v) is 9.31. The van der Waals surface area contributed by atoms with Gasteiger partial charge in [-0.2, -0.15) is 0 Å². The first kappa shape index (κ1) is 24.1. The van der Waals surface area contributed by atoms with Crippen molar-refractivity contribution in [3.05, 3.63) is 80.4 Å². The summed E-state index contributed by atoms with van der Waals surface area (Å²) in [6.07, 6.45) is 2.00. The van der Waals surface area contributed by atoms with E-state index in [1.54, 1.807) is 0 Å². The Labute approximate surface area is 188 Å². The van der Waals surface area contributed by atoms with Crippen molar-refractivity contribution in [1.29, 1.82) is 0 Å². The molecule has 0 radical (unpaired) electrons. The lowest BCUT2D eigenvalue weighted by molar-refractivity contribution is -0.114. The van der Waals surface area contributed by atoms with E-state index in [0.29, 0.717) is 11.8 Å². The van der Waals surface area contributed by atoms with Gasteiger partial charge in [0.15, 0.2) is 23.1 Å². The van der Waals surface area contributed by atoms with E-state index in [1.807, 2.05) is 0 Å². The van der Waals surface area contributed by atoms with E-state index in [9.17, 15) is 27.2 Å². The van der Waals surface area contributed by atoms with Gasteiger partial charge in [0.1, 0.15) is 24.8 Å². The number of methoxy groups -OCH3 is 1. The van der Waals surface area contributed by atoms with E-state index in [-0.39, 0.29) is 41.4 Å². The molecule has 0 bridgehead atoms. The minimum absolute atomic E-state index is 0.00927. The SMILES string of the molecule is COC(=O)NC1=Cc2cc(F)cc(F)c2OC1.[N-]=[N+]=NC(=O)C1=Cc2cc(F)cc(F)c2OC1. The number of nitrogens with zero attached hydrogens (tertiary/aromatic N) is 3. The number of rotatable bonds is 2. The molecule has 0 saturated carbocycles. The summed E-state index contributed by atoms with van der Waals surface area (Å²) in [5.41, 5.74) is 8.85. The van der Waals surface area contributed by atoms with Crippen LogP contribution in [0.25, 0.3) is 22.6 Å². The second-order valence-corrected chi connectivity index (χ2v) is 6.64. The fourth-order valence-electron chi connectivity index (χ4n) is 2.92. The zero-order chi connectivity index (χ0) is 24.8. The molecule has 2 heterocycles. The van der Waals surface area contributed by atoms with Crippen molar-refractivity contribution in [1.82, 2.24) is 5.32 Å². The van der Waals surface area contributed by atoms with Gasteiger partial charge < -0.3 is 14.2 Å². The van der Waals surface area contributed by atoms with Crippen molar-refractivity contribution in [2.45, 2.75) is 0 Å². The lowest BCUT2D eigenvalue weighted by atomic mass is 10.1. The summed E-state index contributed by atoms with van der Waals surface area (Å²) in [6, 6.07) is 3.58. The first-order valence-electron chi connectivity index (χ1n) is 9.31. The highest BCUT2D eigenvalue weighted by Crippen LogP contribution is 2.31. The Morgan fingerprint density at radius 2 is 1.53 bits per heavy atom. The number of fused-ring (bicyclic) bond motifs is 2. The lowest BCUT2D eigenvalue weighted by Crippen LogP contribution is -2.27. The van der Waals surface area contributed by atoms with Crippen LogP contribution in [0.4, 0.5) is 22.4 Å². The van der Waals surface area contributed by atoms with Crippen LogP contribution < -0.4 is 14.8 Å². The normalized spacial score (nSPS) is 13.1. The van der Waals surface area contributed by atoms with E-state index >= 15 is 0 Å². The maximum Gasteiger partial charge on any atom is 0.411 e. The molecule has 1 N–H and O–H groups in total. The third kappa shape index (κ3) is 5.64. The second kappa shape index (κ2) is 10.4. The molecular weight excluding hydrogens is 464 g/mol. The molecule has 2 aliphatic heterocycles. The zero-order valence-electron chi connectivity index (χ0n) is 17.3. The monoisotopic (exact) mass is 478 g/mol. The molecule has 13 heteroatoms. The van der Waals surface area contributed by atoms with Gasteiger partial charge in [-0.25, -0.2) is 22.4 Å². The van der Waals surface area contributed by atoms with Crippen LogP contribution in [0, 0.1) is 23.3 Å². The molecule has 0 aliphatic carbocycles. The second-order valence-electron chi connectivity index (χ2n) is 6.64. The average Bonchev–Trinajstić information content (AvgIpc) is 2.78. The van der Waals surface area contributed by atoms with E-state index in [0.717, 1.165) is 18.2 Å². The van der Waals surface area contributed by atoms with Gasteiger partial charge in [0.05, 0.1) is 12.8 Å². The van der Waals surface area contributed by atoms with Gasteiger partial charge in [-0.05, 0) is 34.9 Å². The highest BCUT2D eigenvalue weighted by atomic mass is 19.1. The Kier molecular flexibility index (Phi) is 7.39. The summed E-state index contributed by atoms with van der Waals surface area (Å²) >= 11 is 0. The van der Waals surface area contributed by atoms with Gasteiger partial charge >= 0.3 is 6.09 Å². The molecule has 0 fully saturated rings.